The van der Waals surface area contributed by atoms with E-state index in [2.05, 4.69) is 15.1 Å². The van der Waals surface area contributed by atoms with Crippen LogP contribution in [-0.2, 0) is 0 Å². The normalized spacial score (nSPS) is 10.6. The smallest absolute Gasteiger partial charge is 0.357 e. The first-order chi connectivity index (χ1) is 14.6. The van der Waals surface area contributed by atoms with Crippen LogP contribution in [-0.4, -0.2) is 41.2 Å². The summed E-state index contributed by atoms with van der Waals surface area (Å²) in [5.74, 6) is 0.353. The molecule has 9 heteroatoms. The van der Waals surface area contributed by atoms with Crippen molar-refractivity contribution < 1.29 is 19.1 Å². The number of ether oxygens (including phenoxy) is 1. The van der Waals surface area contributed by atoms with Crippen LogP contribution >= 0.6 is 0 Å². The van der Waals surface area contributed by atoms with E-state index < -0.39 is 5.97 Å². The Bertz CT molecular complexity index is 1000. The van der Waals surface area contributed by atoms with E-state index in [0.717, 1.165) is 37.9 Å². The molecule has 0 spiro atoms. The van der Waals surface area contributed by atoms with Crippen molar-refractivity contribution in [3.05, 3.63) is 59.5 Å². The number of benzene rings is 1. The Hall–Kier alpha value is -3.75. The van der Waals surface area contributed by atoms with Crippen molar-refractivity contribution in [1.82, 2.24) is 9.97 Å². The molecular weight excluding hydrogens is 388 g/mol. The number of hydrogen-bond donors (Lipinski definition) is 1. The van der Waals surface area contributed by atoms with E-state index in [1.807, 2.05) is 18.0 Å². The minimum absolute atomic E-state index is 0.134. The second-order valence-corrected chi connectivity index (χ2v) is 6.64. The van der Waals surface area contributed by atoms with E-state index in [9.17, 15) is 9.70 Å². The fourth-order valence-electron chi connectivity index (χ4n) is 2.84. The van der Waals surface area contributed by atoms with Gasteiger partial charge in [-0.1, -0.05) is 12.1 Å². The minimum atomic E-state index is -1.13. The van der Waals surface area contributed by atoms with E-state index >= 15 is 0 Å². The summed E-state index contributed by atoms with van der Waals surface area (Å²) in [6, 6.07) is 10.4. The van der Waals surface area contributed by atoms with Gasteiger partial charge in [0.05, 0.1) is 6.61 Å². The Kier molecular flexibility index (Phi) is 7.09. The van der Waals surface area contributed by atoms with E-state index in [0.29, 0.717) is 23.6 Å². The molecule has 0 amide bonds. The Morgan fingerprint density at radius 2 is 2.07 bits per heavy atom. The van der Waals surface area contributed by atoms with Gasteiger partial charge >= 0.3 is 5.97 Å². The second-order valence-electron chi connectivity index (χ2n) is 6.64. The summed E-state index contributed by atoms with van der Waals surface area (Å²) < 4.78 is 10.9. The van der Waals surface area contributed by atoms with Gasteiger partial charge in [-0.05, 0) is 48.7 Å². The van der Waals surface area contributed by atoms with Gasteiger partial charge in [0.1, 0.15) is 23.5 Å². The van der Waals surface area contributed by atoms with Gasteiger partial charge in [-0.3, -0.25) is 0 Å². The summed E-state index contributed by atoms with van der Waals surface area (Å²) in [6.45, 7) is 1.30. The molecule has 0 bridgehead atoms. The summed E-state index contributed by atoms with van der Waals surface area (Å²) in [5, 5.41) is 11.9. The number of nitroso groups, excluding NO2 is 1. The highest BCUT2D eigenvalue weighted by molar-refractivity contribution is 5.85. The lowest BCUT2D eigenvalue weighted by molar-refractivity contribution is 0.0690. The third-order valence-corrected chi connectivity index (χ3v) is 4.47. The maximum atomic E-state index is 11.0. The maximum Gasteiger partial charge on any atom is 0.357 e. The maximum absolute atomic E-state index is 11.0. The molecule has 2 heterocycles. The van der Waals surface area contributed by atoms with Gasteiger partial charge in [0.2, 0.25) is 5.89 Å². The van der Waals surface area contributed by atoms with Gasteiger partial charge in [0.25, 0.3) is 0 Å². The van der Waals surface area contributed by atoms with Crippen molar-refractivity contribution in [2.45, 2.75) is 19.3 Å². The first kappa shape index (κ1) is 21.0. The number of carbonyl (C=O) groups is 1. The molecule has 0 saturated heterocycles. The highest BCUT2D eigenvalue weighted by Crippen LogP contribution is 2.26. The molecule has 0 aliphatic rings. The largest absolute Gasteiger partial charge is 0.491 e. The highest BCUT2D eigenvalue weighted by atomic mass is 16.5. The standard InChI is InChI=1S/C21H22N4O5/c1-25(11-5-2-6-12-29-18-8-4-3-7-16(18)24-28)19-13-15(9-10-22-19)20-23-17(14-30-20)21(26)27/h3-4,7-10,13-14H,2,5-6,11-12H2,1H3,(H,26,27). The van der Waals surface area contributed by atoms with Crippen LogP contribution in [0, 0.1) is 4.91 Å². The Balaban J connectivity index is 1.45. The number of anilines is 1. The van der Waals surface area contributed by atoms with Gasteiger partial charge in [-0.2, -0.15) is 0 Å². The average Bonchev–Trinajstić information content (AvgIpc) is 3.27. The summed E-state index contributed by atoms with van der Waals surface area (Å²) >= 11 is 0. The molecular formula is C21H22N4O5. The summed E-state index contributed by atoms with van der Waals surface area (Å²) in [4.78, 5) is 32.0. The van der Waals surface area contributed by atoms with E-state index in [4.69, 9.17) is 14.3 Å². The summed E-state index contributed by atoms with van der Waals surface area (Å²) in [6.07, 6.45) is 5.48. The third kappa shape index (κ3) is 5.40. The molecule has 1 N–H and O–H groups in total. The number of pyridine rings is 1. The summed E-state index contributed by atoms with van der Waals surface area (Å²) in [7, 11) is 1.94. The summed E-state index contributed by atoms with van der Waals surface area (Å²) in [5.41, 5.74) is 0.838. The zero-order valence-electron chi connectivity index (χ0n) is 16.5. The van der Waals surface area contributed by atoms with Gasteiger partial charge < -0.3 is 19.2 Å². The van der Waals surface area contributed by atoms with Gasteiger partial charge in [-0.15, -0.1) is 4.91 Å². The van der Waals surface area contributed by atoms with Crippen LogP contribution < -0.4 is 9.64 Å². The fourth-order valence-corrected chi connectivity index (χ4v) is 2.84. The van der Waals surface area contributed by atoms with E-state index in [-0.39, 0.29) is 11.6 Å². The molecule has 156 valence electrons. The van der Waals surface area contributed by atoms with Crippen LogP contribution in [0.1, 0.15) is 29.8 Å². The number of para-hydroxylation sites is 1. The molecule has 3 aromatic rings. The average molecular weight is 410 g/mol. The van der Waals surface area contributed by atoms with Crippen LogP contribution in [0.25, 0.3) is 11.5 Å². The van der Waals surface area contributed by atoms with Crippen molar-refractivity contribution in [2.75, 3.05) is 25.1 Å². The van der Waals surface area contributed by atoms with Crippen LogP contribution in [0.4, 0.5) is 11.5 Å². The number of aromatic carboxylic acids is 1. The van der Waals surface area contributed by atoms with Crippen molar-refractivity contribution in [2.24, 2.45) is 5.18 Å². The molecule has 0 fully saturated rings. The molecule has 3 rings (SSSR count). The first-order valence-corrected chi connectivity index (χ1v) is 9.50. The number of hydrogen-bond acceptors (Lipinski definition) is 8. The SMILES string of the molecule is CN(CCCCCOc1ccccc1N=O)c1cc(-c2nc(C(=O)O)co2)ccn1. The zero-order chi connectivity index (χ0) is 21.3. The first-order valence-electron chi connectivity index (χ1n) is 9.50. The minimum Gasteiger partial charge on any atom is -0.491 e. The topological polar surface area (TPSA) is 118 Å². The zero-order valence-corrected chi connectivity index (χ0v) is 16.5. The molecule has 0 radical (unpaired) electrons. The Morgan fingerprint density at radius 1 is 1.23 bits per heavy atom. The van der Waals surface area contributed by atoms with Gasteiger partial charge in [-0.25, -0.2) is 14.8 Å². The van der Waals surface area contributed by atoms with E-state index in [1.165, 1.54) is 0 Å². The molecule has 0 saturated carbocycles. The van der Waals surface area contributed by atoms with Crippen LogP contribution in [0.5, 0.6) is 5.75 Å². The number of aromatic nitrogens is 2. The molecule has 0 aliphatic carbocycles. The lowest BCUT2D eigenvalue weighted by Gasteiger charge is -2.18. The Labute approximate surface area is 173 Å². The number of nitrogens with zero attached hydrogens (tertiary/aromatic N) is 4. The van der Waals surface area contributed by atoms with Crippen molar-refractivity contribution in [3.63, 3.8) is 0 Å². The monoisotopic (exact) mass is 410 g/mol. The van der Waals surface area contributed by atoms with Crippen molar-refractivity contribution >= 4 is 17.5 Å². The molecule has 2 aromatic heterocycles. The number of carboxylic acids is 1. The predicted molar refractivity (Wildman–Crippen MR) is 111 cm³/mol. The van der Waals surface area contributed by atoms with Gasteiger partial charge in [0.15, 0.2) is 5.69 Å². The molecule has 0 unspecified atom stereocenters. The number of oxazole rings is 1. The van der Waals surface area contributed by atoms with Gasteiger partial charge in [0, 0.05) is 25.4 Å². The molecule has 9 nitrogen and oxygen atoms in total. The number of unbranched alkanes of at least 4 members (excludes halogenated alkanes) is 2. The quantitative estimate of drug-likeness (QED) is 0.362. The lowest BCUT2D eigenvalue weighted by Crippen LogP contribution is -2.19. The van der Waals surface area contributed by atoms with Crippen molar-refractivity contribution in [1.29, 1.82) is 0 Å². The molecule has 0 atom stereocenters. The predicted octanol–water partition coefficient (Wildman–Crippen LogP) is 4.52. The van der Waals surface area contributed by atoms with Crippen LogP contribution in [0.2, 0.25) is 0 Å². The van der Waals surface area contributed by atoms with E-state index in [1.54, 1.807) is 36.5 Å². The van der Waals surface area contributed by atoms with Crippen LogP contribution in [0.15, 0.2) is 58.5 Å². The second kappa shape index (κ2) is 10.1. The fraction of sp³-hybridized carbons (Fsp3) is 0.286. The molecule has 1 aromatic carbocycles. The molecule has 30 heavy (non-hydrogen) atoms. The number of carboxylic acid groups (broad SMARTS) is 1. The van der Waals surface area contributed by atoms with Crippen LogP contribution in [0.3, 0.4) is 0 Å². The molecule has 0 aliphatic heterocycles. The highest BCUT2D eigenvalue weighted by Gasteiger charge is 2.13. The Morgan fingerprint density at radius 3 is 2.83 bits per heavy atom. The lowest BCUT2D eigenvalue weighted by atomic mass is 10.2. The number of rotatable bonds is 11. The van der Waals surface area contributed by atoms with Crippen molar-refractivity contribution in [3.8, 4) is 17.2 Å². The third-order valence-electron chi connectivity index (χ3n) is 4.47.